The molecular weight excluding hydrogens is 358 g/mol. The lowest BCUT2D eigenvalue weighted by Crippen LogP contribution is -2.38. The van der Waals surface area contributed by atoms with Crippen LogP contribution in [0.5, 0.6) is 0 Å². The molecule has 0 amide bonds. The predicted molar refractivity (Wildman–Crippen MR) is 123 cm³/mol. The summed E-state index contributed by atoms with van der Waals surface area (Å²) in [6.07, 6.45) is 1.32. The minimum Gasteiger partial charge on any atom is -0.381 e. The van der Waals surface area contributed by atoms with Crippen LogP contribution >= 0.6 is 0 Å². The summed E-state index contributed by atoms with van der Waals surface area (Å²) in [6.45, 7) is 11.6. The molecule has 1 aliphatic rings. The lowest BCUT2D eigenvalue weighted by atomic mass is 9.91. The van der Waals surface area contributed by atoms with Gasteiger partial charge < -0.3 is 15.2 Å². The summed E-state index contributed by atoms with van der Waals surface area (Å²) in [5.74, 6) is 1.48. The number of nitrogens with one attached hydrogen (secondary N) is 2. The van der Waals surface area contributed by atoms with Crippen LogP contribution in [0.25, 0.3) is 10.9 Å². The Morgan fingerprint density at radius 3 is 2.34 bits per heavy atom. The van der Waals surface area contributed by atoms with E-state index in [0.717, 1.165) is 47.1 Å². The van der Waals surface area contributed by atoms with E-state index in [2.05, 4.69) is 73.2 Å². The van der Waals surface area contributed by atoms with Gasteiger partial charge in [0.2, 0.25) is 0 Å². The summed E-state index contributed by atoms with van der Waals surface area (Å²) >= 11 is 0. The lowest BCUT2D eigenvalue weighted by molar-refractivity contribution is 0.357. The van der Waals surface area contributed by atoms with Gasteiger partial charge in [0, 0.05) is 42.1 Å². The summed E-state index contributed by atoms with van der Waals surface area (Å²) in [5, 5.41) is 4.48. The molecule has 2 heterocycles. The second-order valence-electron chi connectivity index (χ2n) is 8.90. The van der Waals surface area contributed by atoms with Gasteiger partial charge in [0.15, 0.2) is 0 Å². The molecule has 1 aromatic heterocycles. The normalized spacial score (nSPS) is 19.5. The fourth-order valence-electron chi connectivity index (χ4n) is 4.51. The molecule has 4 nitrogen and oxygen atoms in total. The molecule has 0 saturated carbocycles. The second kappa shape index (κ2) is 7.94. The number of pyridine rings is 1. The number of aromatic amines is 1. The van der Waals surface area contributed by atoms with Crippen LogP contribution in [0.2, 0.25) is 0 Å². The Balaban J connectivity index is 1.47. The van der Waals surface area contributed by atoms with Crippen LogP contribution in [-0.2, 0) is 6.54 Å². The Bertz CT molecular complexity index is 1060. The zero-order valence-corrected chi connectivity index (χ0v) is 17.9. The number of hydrogen-bond acceptors (Lipinski definition) is 3. The third-order valence-electron chi connectivity index (χ3n) is 6.12. The highest BCUT2D eigenvalue weighted by molar-refractivity contribution is 5.80. The number of rotatable bonds is 4. The van der Waals surface area contributed by atoms with Gasteiger partial charge in [-0.1, -0.05) is 13.8 Å². The lowest BCUT2D eigenvalue weighted by Gasteiger charge is -2.36. The summed E-state index contributed by atoms with van der Waals surface area (Å²) in [7, 11) is 0. The molecule has 2 aromatic carbocycles. The van der Waals surface area contributed by atoms with Gasteiger partial charge in [-0.25, -0.2) is 0 Å². The quantitative estimate of drug-likeness (QED) is 0.641. The Hall–Kier alpha value is -2.75. The van der Waals surface area contributed by atoms with Gasteiger partial charge in [-0.05, 0) is 91.1 Å². The molecule has 2 N–H and O–H groups in total. The minimum absolute atomic E-state index is 0.0267. The van der Waals surface area contributed by atoms with Crippen LogP contribution in [0.4, 0.5) is 11.4 Å². The number of aryl methyl sites for hydroxylation is 2. The SMILES string of the molecule is Cc1cc2cc(CNc3ccc(N4C[C@@H](C)C[C@H](C)C4)cc3)c(=O)[nH]c2cc1C. The van der Waals surface area contributed by atoms with E-state index >= 15 is 0 Å². The van der Waals surface area contributed by atoms with Crippen molar-refractivity contribution in [2.24, 2.45) is 11.8 Å². The van der Waals surface area contributed by atoms with Crippen LogP contribution in [0, 0.1) is 25.7 Å². The number of hydrogen-bond donors (Lipinski definition) is 2. The first kappa shape index (κ1) is 19.6. The maximum atomic E-state index is 12.5. The van der Waals surface area contributed by atoms with Gasteiger partial charge >= 0.3 is 0 Å². The van der Waals surface area contributed by atoms with Gasteiger partial charge in [0.25, 0.3) is 5.56 Å². The van der Waals surface area contributed by atoms with Crippen LogP contribution < -0.4 is 15.8 Å². The van der Waals surface area contributed by atoms with E-state index in [0.29, 0.717) is 6.54 Å². The molecule has 3 aromatic rings. The minimum atomic E-state index is -0.0267. The standard InChI is InChI=1S/C25H31N3O/c1-16-9-17(2)15-28(14-16)23-7-5-22(6-8-23)26-13-21-12-20-10-18(3)19(4)11-24(20)27-25(21)29/h5-8,10-12,16-17,26H,9,13-15H2,1-4H3,(H,27,29)/t16-,17-/m0/s1. The van der Waals surface area contributed by atoms with Crippen molar-refractivity contribution < 1.29 is 0 Å². The summed E-state index contributed by atoms with van der Waals surface area (Å²) in [5.41, 5.74) is 6.37. The number of benzene rings is 2. The third kappa shape index (κ3) is 4.31. The van der Waals surface area contributed by atoms with Crippen molar-refractivity contribution in [1.82, 2.24) is 4.98 Å². The molecule has 0 spiro atoms. The first-order valence-electron chi connectivity index (χ1n) is 10.6. The van der Waals surface area contributed by atoms with Crippen LogP contribution in [0.1, 0.15) is 37.0 Å². The van der Waals surface area contributed by atoms with E-state index in [1.807, 2.05) is 12.1 Å². The second-order valence-corrected chi connectivity index (χ2v) is 8.90. The van der Waals surface area contributed by atoms with E-state index in [9.17, 15) is 4.79 Å². The summed E-state index contributed by atoms with van der Waals surface area (Å²) < 4.78 is 0. The molecular formula is C25H31N3O. The van der Waals surface area contributed by atoms with Crippen LogP contribution in [0.3, 0.4) is 0 Å². The molecule has 0 bridgehead atoms. The average molecular weight is 390 g/mol. The maximum Gasteiger partial charge on any atom is 0.253 e. The van der Waals surface area contributed by atoms with E-state index in [1.165, 1.54) is 23.2 Å². The first-order valence-corrected chi connectivity index (χ1v) is 10.6. The molecule has 29 heavy (non-hydrogen) atoms. The van der Waals surface area contributed by atoms with Crippen molar-refractivity contribution in [3.05, 3.63) is 69.5 Å². The Morgan fingerprint density at radius 1 is 1.00 bits per heavy atom. The molecule has 0 radical (unpaired) electrons. The zero-order valence-electron chi connectivity index (χ0n) is 17.9. The van der Waals surface area contributed by atoms with Crippen LogP contribution in [0.15, 0.2) is 47.3 Å². The predicted octanol–water partition coefficient (Wildman–Crippen LogP) is 5.24. The largest absolute Gasteiger partial charge is 0.381 e. The topological polar surface area (TPSA) is 48.1 Å². The van der Waals surface area contributed by atoms with Crippen LogP contribution in [-0.4, -0.2) is 18.1 Å². The monoisotopic (exact) mass is 389 g/mol. The number of nitrogens with zero attached hydrogens (tertiary/aromatic N) is 1. The van der Waals surface area contributed by atoms with Gasteiger partial charge in [-0.15, -0.1) is 0 Å². The highest BCUT2D eigenvalue weighted by Gasteiger charge is 2.21. The van der Waals surface area contributed by atoms with Crippen molar-refractivity contribution >= 4 is 22.3 Å². The summed E-state index contributed by atoms with van der Waals surface area (Å²) in [4.78, 5) is 18.0. The van der Waals surface area contributed by atoms with E-state index < -0.39 is 0 Å². The zero-order chi connectivity index (χ0) is 20.5. The van der Waals surface area contributed by atoms with Gasteiger partial charge in [-0.2, -0.15) is 0 Å². The van der Waals surface area contributed by atoms with E-state index in [1.54, 1.807) is 0 Å². The number of aromatic nitrogens is 1. The molecule has 0 aliphatic carbocycles. The van der Waals surface area contributed by atoms with Crippen molar-refractivity contribution in [3.8, 4) is 0 Å². The van der Waals surface area contributed by atoms with Crippen molar-refractivity contribution in [2.45, 2.75) is 40.7 Å². The molecule has 152 valence electrons. The molecule has 1 saturated heterocycles. The molecule has 4 heteroatoms. The Morgan fingerprint density at radius 2 is 1.66 bits per heavy atom. The molecule has 1 aliphatic heterocycles. The van der Waals surface area contributed by atoms with Crippen molar-refractivity contribution in [2.75, 3.05) is 23.3 Å². The van der Waals surface area contributed by atoms with Crippen molar-refractivity contribution in [3.63, 3.8) is 0 Å². The first-order chi connectivity index (χ1) is 13.9. The van der Waals surface area contributed by atoms with Gasteiger partial charge in [0.05, 0.1) is 0 Å². The Kier molecular flexibility index (Phi) is 5.35. The molecule has 4 rings (SSSR count). The molecule has 1 fully saturated rings. The number of anilines is 2. The van der Waals surface area contributed by atoms with E-state index in [4.69, 9.17) is 0 Å². The molecule has 2 atom stereocenters. The number of piperidine rings is 1. The van der Waals surface area contributed by atoms with Gasteiger partial charge in [-0.3, -0.25) is 4.79 Å². The average Bonchev–Trinajstić information content (AvgIpc) is 2.67. The maximum absolute atomic E-state index is 12.5. The third-order valence-corrected chi connectivity index (χ3v) is 6.12. The fraction of sp³-hybridized carbons (Fsp3) is 0.400. The highest BCUT2D eigenvalue weighted by Crippen LogP contribution is 2.27. The van der Waals surface area contributed by atoms with Gasteiger partial charge in [0.1, 0.15) is 0 Å². The smallest absolute Gasteiger partial charge is 0.253 e. The van der Waals surface area contributed by atoms with E-state index in [-0.39, 0.29) is 5.56 Å². The highest BCUT2D eigenvalue weighted by atomic mass is 16.1. The van der Waals surface area contributed by atoms with Crippen molar-refractivity contribution in [1.29, 1.82) is 0 Å². The summed E-state index contributed by atoms with van der Waals surface area (Å²) in [6, 6.07) is 14.8. The fourth-order valence-corrected chi connectivity index (χ4v) is 4.51. The molecule has 0 unspecified atom stereocenters. The Labute approximate surface area is 173 Å². The number of fused-ring (bicyclic) bond motifs is 1. The number of H-pyrrole nitrogens is 1.